The number of nitrogens with zero attached hydrogens (tertiary/aromatic N) is 3. The Labute approximate surface area is 159 Å². The first-order valence-electron chi connectivity index (χ1n) is 8.49. The van der Waals surface area contributed by atoms with Crippen LogP contribution in [0.25, 0.3) is 0 Å². The van der Waals surface area contributed by atoms with Crippen LogP contribution in [0.5, 0.6) is 0 Å². The zero-order chi connectivity index (χ0) is 20.0. The molecule has 0 aromatic heterocycles. The highest BCUT2D eigenvalue weighted by atomic mass is 32.2. The molecule has 1 fully saturated rings. The third-order valence-corrected chi connectivity index (χ3v) is 5.40. The van der Waals surface area contributed by atoms with Crippen molar-refractivity contribution in [3.05, 3.63) is 35.9 Å². The normalized spacial score (nSPS) is 17.7. The van der Waals surface area contributed by atoms with Gasteiger partial charge in [0.05, 0.1) is 19.0 Å². The molecule has 2 amide bonds. The Kier molecular flexibility index (Phi) is 7.17. The molecule has 1 aromatic rings. The third kappa shape index (κ3) is 6.49. The molecule has 27 heavy (non-hydrogen) atoms. The van der Waals surface area contributed by atoms with Crippen molar-refractivity contribution in [2.45, 2.75) is 12.6 Å². The summed E-state index contributed by atoms with van der Waals surface area (Å²) in [7, 11) is -1.99. The number of benzene rings is 1. The molecule has 0 bridgehead atoms. The van der Waals surface area contributed by atoms with Gasteiger partial charge in [-0.05, 0) is 5.56 Å². The Morgan fingerprint density at radius 3 is 2.56 bits per heavy atom. The Morgan fingerprint density at radius 1 is 1.30 bits per heavy atom. The maximum atomic E-state index is 12.7. The van der Waals surface area contributed by atoms with Crippen LogP contribution >= 0.6 is 0 Å². The lowest BCUT2D eigenvalue weighted by Gasteiger charge is -2.36. The fourth-order valence-electron chi connectivity index (χ4n) is 2.87. The molecule has 0 saturated carbocycles. The number of aliphatic carboxylic acids is 1. The molecule has 1 unspecified atom stereocenters. The first-order chi connectivity index (χ1) is 12.7. The summed E-state index contributed by atoms with van der Waals surface area (Å²) < 4.78 is 30.0. The number of amides is 2. The van der Waals surface area contributed by atoms with Crippen molar-refractivity contribution >= 4 is 22.0 Å². The minimum atomic E-state index is -3.70. The van der Waals surface area contributed by atoms with E-state index in [4.69, 9.17) is 9.84 Å². The van der Waals surface area contributed by atoms with E-state index in [-0.39, 0.29) is 25.7 Å². The second-order valence-electron chi connectivity index (χ2n) is 6.51. The number of carbonyl (C=O) groups excluding carboxylic acids is 1. The maximum absolute atomic E-state index is 12.7. The molecule has 0 spiro atoms. The van der Waals surface area contributed by atoms with E-state index in [0.717, 1.165) is 16.1 Å². The van der Waals surface area contributed by atoms with Crippen LogP contribution in [-0.2, 0) is 26.1 Å². The number of carboxylic acids is 1. The standard InChI is InChI=1S/C17H25N3O6S/c1-18(10-14-6-4-3-5-7-14)17(23)19-8-9-26-15(11-19)12-20(13-16(21)22)27(2,24)25/h3-7,15H,8-13H2,1-2H3,(H,21,22). The monoisotopic (exact) mass is 399 g/mol. The van der Waals surface area contributed by atoms with Crippen LogP contribution in [0, 0.1) is 0 Å². The van der Waals surface area contributed by atoms with Gasteiger partial charge in [0.1, 0.15) is 6.54 Å². The number of sulfonamides is 1. The molecule has 1 N–H and O–H groups in total. The van der Waals surface area contributed by atoms with Gasteiger partial charge in [0.15, 0.2) is 0 Å². The Bertz CT molecular complexity index is 755. The number of hydrogen-bond acceptors (Lipinski definition) is 5. The minimum Gasteiger partial charge on any atom is -0.480 e. The molecule has 150 valence electrons. The molecule has 1 aliphatic heterocycles. The van der Waals surface area contributed by atoms with Crippen LogP contribution in [0.15, 0.2) is 30.3 Å². The molecule has 1 heterocycles. The quantitative estimate of drug-likeness (QED) is 0.706. The summed E-state index contributed by atoms with van der Waals surface area (Å²) in [4.78, 5) is 26.8. The largest absolute Gasteiger partial charge is 0.480 e. The average Bonchev–Trinajstić information content (AvgIpc) is 2.60. The summed E-state index contributed by atoms with van der Waals surface area (Å²) in [5.74, 6) is -1.24. The van der Waals surface area contributed by atoms with E-state index < -0.39 is 28.6 Å². The molecule has 0 aliphatic carbocycles. The molecule has 10 heteroatoms. The van der Waals surface area contributed by atoms with E-state index in [2.05, 4.69) is 0 Å². The lowest BCUT2D eigenvalue weighted by atomic mass is 10.2. The third-order valence-electron chi connectivity index (χ3n) is 4.19. The van der Waals surface area contributed by atoms with Crippen LogP contribution in [0.2, 0.25) is 0 Å². The van der Waals surface area contributed by atoms with Gasteiger partial charge < -0.3 is 19.6 Å². The highest BCUT2D eigenvalue weighted by Gasteiger charge is 2.30. The number of morpholine rings is 1. The predicted octanol–water partition coefficient (Wildman–Crippen LogP) is 0.285. The molecular formula is C17H25N3O6S. The molecule has 1 atom stereocenters. The van der Waals surface area contributed by atoms with Crippen LogP contribution in [-0.4, -0.2) is 91.8 Å². The highest BCUT2D eigenvalue weighted by molar-refractivity contribution is 7.88. The van der Waals surface area contributed by atoms with Gasteiger partial charge in [-0.25, -0.2) is 13.2 Å². The second-order valence-corrected chi connectivity index (χ2v) is 8.49. The molecule has 0 radical (unpaired) electrons. The molecule has 9 nitrogen and oxygen atoms in total. The van der Waals surface area contributed by atoms with Crippen molar-refractivity contribution in [1.82, 2.24) is 14.1 Å². The summed E-state index contributed by atoms with van der Waals surface area (Å²) in [6.07, 6.45) is 0.372. The first kappa shape index (κ1) is 21.1. The first-order valence-corrected chi connectivity index (χ1v) is 10.3. The number of ether oxygens (including phenoxy) is 1. The van der Waals surface area contributed by atoms with Gasteiger partial charge in [-0.3, -0.25) is 4.79 Å². The minimum absolute atomic E-state index is 0.114. The fourth-order valence-corrected chi connectivity index (χ4v) is 3.65. The van der Waals surface area contributed by atoms with Crippen molar-refractivity contribution in [3.8, 4) is 0 Å². The number of carboxylic acid groups (broad SMARTS) is 1. The van der Waals surface area contributed by atoms with E-state index in [1.54, 1.807) is 16.8 Å². The predicted molar refractivity (Wildman–Crippen MR) is 98.7 cm³/mol. The molecule has 1 aliphatic rings. The zero-order valence-corrected chi connectivity index (χ0v) is 16.3. The van der Waals surface area contributed by atoms with Crippen molar-refractivity contribution < 1.29 is 27.9 Å². The van der Waals surface area contributed by atoms with Gasteiger partial charge in [0.25, 0.3) is 0 Å². The average molecular weight is 399 g/mol. The topological polar surface area (TPSA) is 107 Å². The van der Waals surface area contributed by atoms with Crippen molar-refractivity contribution in [2.75, 3.05) is 46.1 Å². The van der Waals surface area contributed by atoms with Gasteiger partial charge in [-0.1, -0.05) is 30.3 Å². The maximum Gasteiger partial charge on any atom is 0.320 e. The summed E-state index contributed by atoms with van der Waals surface area (Å²) in [5, 5.41) is 8.91. The van der Waals surface area contributed by atoms with Crippen LogP contribution in [0.4, 0.5) is 4.79 Å². The molecule has 1 saturated heterocycles. The lowest BCUT2D eigenvalue weighted by molar-refractivity contribution is -0.137. The van der Waals surface area contributed by atoms with Crippen molar-refractivity contribution in [2.24, 2.45) is 0 Å². The molecular weight excluding hydrogens is 374 g/mol. The van der Waals surface area contributed by atoms with E-state index >= 15 is 0 Å². The van der Waals surface area contributed by atoms with E-state index in [9.17, 15) is 18.0 Å². The van der Waals surface area contributed by atoms with Crippen LogP contribution < -0.4 is 0 Å². The number of rotatable bonds is 7. The Morgan fingerprint density at radius 2 is 1.96 bits per heavy atom. The van der Waals surface area contributed by atoms with Gasteiger partial charge in [0, 0.05) is 33.2 Å². The van der Waals surface area contributed by atoms with E-state index in [1.165, 1.54) is 0 Å². The van der Waals surface area contributed by atoms with Crippen LogP contribution in [0.1, 0.15) is 5.56 Å². The van der Waals surface area contributed by atoms with E-state index in [1.807, 2.05) is 30.3 Å². The van der Waals surface area contributed by atoms with Gasteiger partial charge in [-0.15, -0.1) is 0 Å². The number of urea groups is 1. The van der Waals surface area contributed by atoms with Gasteiger partial charge in [-0.2, -0.15) is 4.31 Å². The second kappa shape index (κ2) is 9.16. The summed E-state index contributed by atoms with van der Waals surface area (Å²) in [5.41, 5.74) is 1.00. The van der Waals surface area contributed by atoms with Gasteiger partial charge in [0.2, 0.25) is 10.0 Å². The summed E-state index contributed by atoms with van der Waals surface area (Å²) in [6.45, 7) is 0.560. The molecule has 1 aromatic carbocycles. The number of hydrogen-bond donors (Lipinski definition) is 1. The van der Waals surface area contributed by atoms with Gasteiger partial charge >= 0.3 is 12.0 Å². The fraction of sp³-hybridized carbons (Fsp3) is 0.529. The number of carbonyl (C=O) groups is 2. The zero-order valence-electron chi connectivity index (χ0n) is 15.4. The van der Waals surface area contributed by atoms with E-state index in [0.29, 0.717) is 13.1 Å². The molecule has 2 rings (SSSR count). The van der Waals surface area contributed by atoms with Crippen LogP contribution in [0.3, 0.4) is 0 Å². The Hall–Kier alpha value is -2.17. The smallest absolute Gasteiger partial charge is 0.320 e. The SMILES string of the molecule is CN(Cc1ccccc1)C(=O)N1CCOC(CN(CC(=O)O)S(C)(=O)=O)C1. The van der Waals surface area contributed by atoms with Crippen molar-refractivity contribution in [1.29, 1.82) is 0 Å². The lowest BCUT2D eigenvalue weighted by Crippen LogP contribution is -2.53. The highest BCUT2D eigenvalue weighted by Crippen LogP contribution is 2.12. The van der Waals surface area contributed by atoms with Crippen molar-refractivity contribution in [3.63, 3.8) is 0 Å². The summed E-state index contributed by atoms with van der Waals surface area (Å²) >= 11 is 0. The Balaban J connectivity index is 1.97. The summed E-state index contributed by atoms with van der Waals surface area (Å²) in [6, 6.07) is 9.39.